The molecule has 0 unspecified atom stereocenters. The van der Waals surface area contributed by atoms with Gasteiger partial charge < -0.3 is 11.1 Å². The van der Waals surface area contributed by atoms with E-state index in [4.69, 9.17) is 5.73 Å². The molecule has 0 aliphatic heterocycles. The van der Waals surface area contributed by atoms with E-state index in [1.165, 1.54) is 17.0 Å². The van der Waals surface area contributed by atoms with Gasteiger partial charge in [-0.15, -0.1) is 11.3 Å². The van der Waals surface area contributed by atoms with Crippen molar-refractivity contribution in [2.75, 3.05) is 11.1 Å². The van der Waals surface area contributed by atoms with E-state index in [2.05, 4.69) is 5.32 Å². The molecule has 78 valence electrons. The molecular formula is C11H11FN2S. The van der Waals surface area contributed by atoms with E-state index in [0.29, 0.717) is 17.9 Å². The SMILES string of the molecule is Nc1ccc(F)cc1NCc1cccs1. The van der Waals surface area contributed by atoms with Gasteiger partial charge in [0.1, 0.15) is 5.82 Å². The number of nitrogens with one attached hydrogen (secondary N) is 1. The second-order valence-corrected chi connectivity index (χ2v) is 4.20. The molecule has 1 aromatic heterocycles. The number of hydrogen-bond donors (Lipinski definition) is 2. The summed E-state index contributed by atoms with van der Waals surface area (Å²) in [5.74, 6) is -0.280. The topological polar surface area (TPSA) is 38.0 Å². The van der Waals surface area contributed by atoms with Gasteiger partial charge in [-0.1, -0.05) is 6.07 Å². The van der Waals surface area contributed by atoms with Crippen molar-refractivity contribution in [3.8, 4) is 0 Å². The highest BCUT2D eigenvalue weighted by molar-refractivity contribution is 7.09. The molecule has 2 aromatic rings. The number of nitrogen functional groups attached to an aromatic ring is 1. The second kappa shape index (κ2) is 4.31. The lowest BCUT2D eigenvalue weighted by atomic mass is 10.2. The summed E-state index contributed by atoms with van der Waals surface area (Å²) in [6, 6.07) is 8.32. The average Bonchev–Trinajstić information content (AvgIpc) is 2.72. The first-order chi connectivity index (χ1) is 7.25. The summed E-state index contributed by atoms with van der Waals surface area (Å²) < 4.78 is 12.9. The van der Waals surface area contributed by atoms with Crippen molar-refractivity contribution >= 4 is 22.7 Å². The van der Waals surface area contributed by atoms with Crippen molar-refractivity contribution in [3.63, 3.8) is 0 Å². The van der Waals surface area contributed by atoms with Crippen molar-refractivity contribution in [2.24, 2.45) is 0 Å². The van der Waals surface area contributed by atoms with E-state index in [0.717, 1.165) is 0 Å². The normalized spacial score (nSPS) is 10.2. The van der Waals surface area contributed by atoms with E-state index < -0.39 is 0 Å². The van der Waals surface area contributed by atoms with Crippen molar-refractivity contribution in [1.82, 2.24) is 0 Å². The highest BCUT2D eigenvalue weighted by Gasteiger charge is 2.00. The number of nitrogens with two attached hydrogens (primary N) is 1. The summed E-state index contributed by atoms with van der Waals surface area (Å²) in [7, 11) is 0. The Labute approximate surface area is 91.5 Å². The van der Waals surface area contributed by atoms with Crippen molar-refractivity contribution in [1.29, 1.82) is 0 Å². The molecule has 0 spiro atoms. The van der Waals surface area contributed by atoms with Crippen LogP contribution in [-0.2, 0) is 6.54 Å². The van der Waals surface area contributed by atoms with Crippen LogP contribution in [0.2, 0.25) is 0 Å². The van der Waals surface area contributed by atoms with Crippen LogP contribution in [0.15, 0.2) is 35.7 Å². The molecule has 1 heterocycles. The van der Waals surface area contributed by atoms with E-state index in [1.807, 2.05) is 17.5 Å². The first-order valence-corrected chi connectivity index (χ1v) is 5.45. The van der Waals surface area contributed by atoms with Crippen LogP contribution in [0.5, 0.6) is 0 Å². The van der Waals surface area contributed by atoms with Crippen LogP contribution in [0.25, 0.3) is 0 Å². The molecule has 0 saturated heterocycles. The van der Waals surface area contributed by atoms with E-state index >= 15 is 0 Å². The first-order valence-electron chi connectivity index (χ1n) is 4.57. The number of thiophene rings is 1. The van der Waals surface area contributed by atoms with Gasteiger partial charge in [-0.2, -0.15) is 0 Å². The fraction of sp³-hybridized carbons (Fsp3) is 0.0909. The van der Waals surface area contributed by atoms with Gasteiger partial charge in [-0.25, -0.2) is 4.39 Å². The van der Waals surface area contributed by atoms with Gasteiger partial charge in [0.25, 0.3) is 0 Å². The van der Waals surface area contributed by atoms with Crippen molar-refractivity contribution < 1.29 is 4.39 Å². The smallest absolute Gasteiger partial charge is 0.125 e. The fourth-order valence-electron chi connectivity index (χ4n) is 1.28. The molecule has 0 bridgehead atoms. The lowest BCUT2D eigenvalue weighted by molar-refractivity contribution is 0.628. The van der Waals surface area contributed by atoms with Gasteiger partial charge >= 0.3 is 0 Å². The highest BCUT2D eigenvalue weighted by atomic mass is 32.1. The molecule has 4 heteroatoms. The highest BCUT2D eigenvalue weighted by Crippen LogP contribution is 2.20. The first kappa shape index (κ1) is 9.98. The third kappa shape index (κ3) is 2.47. The Morgan fingerprint density at radius 2 is 2.20 bits per heavy atom. The van der Waals surface area contributed by atoms with Gasteiger partial charge in [0.2, 0.25) is 0 Å². The molecule has 2 rings (SSSR count). The van der Waals surface area contributed by atoms with Gasteiger partial charge in [-0.05, 0) is 29.6 Å². The minimum absolute atomic E-state index is 0.280. The molecule has 0 amide bonds. The number of halogens is 1. The number of benzene rings is 1. The summed E-state index contributed by atoms with van der Waals surface area (Å²) >= 11 is 1.66. The summed E-state index contributed by atoms with van der Waals surface area (Å²) in [5.41, 5.74) is 6.91. The molecule has 0 radical (unpaired) electrons. The molecule has 15 heavy (non-hydrogen) atoms. The van der Waals surface area contributed by atoms with Crippen LogP contribution in [0.3, 0.4) is 0 Å². The van der Waals surface area contributed by atoms with Gasteiger partial charge in [-0.3, -0.25) is 0 Å². The van der Waals surface area contributed by atoms with Gasteiger partial charge in [0.15, 0.2) is 0 Å². The Morgan fingerprint density at radius 3 is 2.93 bits per heavy atom. The van der Waals surface area contributed by atoms with E-state index in [9.17, 15) is 4.39 Å². The lowest BCUT2D eigenvalue weighted by Crippen LogP contribution is -2.01. The average molecular weight is 222 g/mol. The molecule has 0 fully saturated rings. The lowest BCUT2D eigenvalue weighted by Gasteiger charge is -2.07. The Balaban J connectivity index is 2.07. The number of hydrogen-bond acceptors (Lipinski definition) is 3. The number of anilines is 2. The van der Waals surface area contributed by atoms with E-state index in [-0.39, 0.29) is 5.82 Å². The standard InChI is InChI=1S/C11H11FN2S/c12-8-3-4-10(13)11(6-8)14-7-9-2-1-5-15-9/h1-6,14H,7,13H2. The Hall–Kier alpha value is -1.55. The van der Waals surface area contributed by atoms with Crippen LogP contribution >= 0.6 is 11.3 Å². The maximum absolute atomic E-state index is 12.9. The Morgan fingerprint density at radius 1 is 1.33 bits per heavy atom. The Kier molecular flexibility index (Phi) is 2.87. The van der Waals surface area contributed by atoms with Crippen LogP contribution in [0.1, 0.15) is 4.88 Å². The molecule has 3 N–H and O–H groups in total. The van der Waals surface area contributed by atoms with Crippen molar-refractivity contribution in [3.05, 3.63) is 46.4 Å². The fourth-order valence-corrected chi connectivity index (χ4v) is 1.92. The zero-order chi connectivity index (χ0) is 10.7. The molecule has 0 aliphatic rings. The van der Waals surface area contributed by atoms with Crippen LogP contribution in [-0.4, -0.2) is 0 Å². The molecule has 0 atom stereocenters. The summed E-state index contributed by atoms with van der Waals surface area (Å²) in [4.78, 5) is 1.19. The largest absolute Gasteiger partial charge is 0.397 e. The predicted molar refractivity (Wildman–Crippen MR) is 62.5 cm³/mol. The molecule has 2 nitrogen and oxygen atoms in total. The van der Waals surface area contributed by atoms with Crippen LogP contribution in [0.4, 0.5) is 15.8 Å². The van der Waals surface area contributed by atoms with Crippen LogP contribution < -0.4 is 11.1 Å². The zero-order valence-corrected chi connectivity index (χ0v) is 8.85. The second-order valence-electron chi connectivity index (χ2n) is 3.16. The third-order valence-electron chi connectivity index (χ3n) is 2.05. The van der Waals surface area contributed by atoms with Gasteiger partial charge in [0, 0.05) is 11.4 Å². The monoisotopic (exact) mass is 222 g/mol. The minimum atomic E-state index is -0.280. The molecular weight excluding hydrogens is 211 g/mol. The minimum Gasteiger partial charge on any atom is -0.397 e. The number of rotatable bonds is 3. The van der Waals surface area contributed by atoms with Gasteiger partial charge in [0.05, 0.1) is 11.4 Å². The maximum Gasteiger partial charge on any atom is 0.125 e. The third-order valence-corrected chi connectivity index (χ3v) is 2.92. The maximum atomic E-state index is 12.9. The summed E-state index contributed by atoms with van der Waals surface area (Å²) in [5, 5.41) is 5.11. The summed E-state index contributed by atoms with van der Waals surface area (Å²) in [6.07, 6.45) is 0. The quantitative estimate of drug-likeness (QED) is 0.783. The molecule has 0 saturated carbocycles. The predicted octanol–water partition coefficient (Wildman–Crippen LogP) is 3.08. The van der Waals surface area contributed by atoms with E-state index in [1.54, 1.807) is 17.4 Å². The summed E-state index contributed by atoms with van der Waals surface area (Å²) in [6.45, 7) is 0.672. The molecule has 0 aliphatic carbocycles. The molecule has 1 aromatic carbocycles. The zero-order valence-electron chi connectivity index (χ0n) is 8.03. The van der Waals surface area contributed by atoms with Crippen molar-refractivity contribution in [2.45, 2.75) is 6.54 Å². The Bertz CT molecular complexity index is 440. The van der Waals surface area contributed by atoms with Crippen LogP contribution in [0, 0.1) is 5.82 Å².